The highest BCUT2D eigenvalue weighted by Gasteiger charge is 2.35. The highest BCUT2D eigenvalue weighted by atomic mass is 32.1. The van der Waals surface area contributed by atoms with Gasteiger partial charge in [-0.1, -0.05) is 19.9 Å². The molecule has 2 aliphatic rings. The summed E-state index contributed by atoms with van der Waals surface area (Å²) >= 11 is 1.79. The summed E-state index contributed by atoms with van der Waals surface area (Å²) in [7, 11) is 2.21. The van der Waals surface area contributed by atoms with Crippen molar-refractivity contribution in [3.63, 3.8) is 0 Å². The lowest BCUT2D eigenvalue weighted by atomic mass is 9.88. The molecule has 39 heavy (non-hydrogen) atoms. The lowest BCUT2D eigenvalue weighted by Crippen LogP contribution is -2.46. The van der Waals surface area contributed by atoms with Crippen LogP contribution in [0.2, 0.25) is 0 Å². The van der Waals surface area contributed by atoms with Crippen LogP contribution in [0.25, 0.3) is 10.2 Å². The van der Waals surface area contributed by atoms with E-state index in [9.17, 15) is 9.59 Å². The van der Waals surface area contributed by atoms with Crippen LogP contribution in [0.3, 0.4) is 0 Å². The van der Waals surface area contributed by atoms with Gasteiger partial charge in [-0.25, -0.2) is 9.97 Å². The van der Waals surface area contributed by atoms with Crippen LogP contribution in [-0.2, 0) is 16.0 Å². The number of aromatic nitrogens is 2. The van der Waals surface area contributed by atoms with E-state index in [4.69, 9.17) is 10.7 Å². The summed E-state index contributed by atoms with van der Waals surface area (Å²) in [5.41, 5.74) is 9.25. The minimum Gasteiger partial charge on any atom is -0.383 e. The van der Waals surface area contributed by atoms with Gasteiger partial charge in [-0.3, -0.25) is 9.59 Å². The second-order valence-corrected chi connectivity index (χ2v) is 12.6. The first kappa shape index (κ1) is 27.5. The summed E-state index contributed by atoms with van der Waals surface area (Å²) in [5.74, 6) is 0.0681. The van der Waals surface area contributed by atoms with Crippen LogP contribution in [-0.4, -0.2) is 57.3 Å². The number of amides is 2. The van der Waals surface area contributed by atoms with Gasteiger partial charge in [-0.15, -0.1) is 11.3 Å². The zero-order chi connectivity index (χ0) is 27.8. The number of aryl methyl sites for hydroxylation is 1. The van der Waals surface area contributed by atoms with Gasteiger partial charge in [0.15, 0.2) is 0 Å². The van der Waals surface area contributed by atoms with Crippen molar-refractivity contribution in [3.8, 4) is 0 Å². The van der Waals surface area contributed by atoms with Gasteiger partial charge < -0.3 is 20.9 Å². The number of thiazole rings is 1. The summed E-state index contributed by atoms with van der Waals surface area (Å²) in [4.78, 5) is 40.0. The van der Waals surface area contributed by atoms with Gasteiger partial charge in [-0.05, 0) is 88.2 Å². The molecule has 0 saturated carbocycles. The molecule has 5 atom stereocenters. The molecule has 1 unspecified atom stereocenters. The third-order valence-corrected chi connectivity index (χ3v) is 9.92. The maximum Gasteiger partial charge on any atom is 0.313 e. The van der Waals surface area contributed by atoms with Gasteiger partial charge in [0.1, 0.15) is 5.82 Å². The molecule has 0 aliphatic carbocycles. The molecule has 2 fully saturated rings. The zero-order valence-corrected chi connectivity index (χ0v) is 24.4. The second kappa shape index (κ2) is 11.2. The standard InChI is InChI=1S/C30H40N6O2S/c1-6-20-13-23(15-32-27(20)31)33-28(37)30(38)36-16-17(2)7-9-25(36)21-8-10-26-24(14-21)34-29(39-26)22-11-18(3)35(5)19(4)12-22/h8,10,13-15,17-19,22,25H,6-7,9,11-12,16H2,1-5H3,(H2,31,32)(H,33,37)/t17?,18-,19+,22+,25-/m1/s1. The number of piperidine rings is 2. The fourth-order valence-electron chi connectivity index (χ4n) is 6.14. The van der Waals surface area contributed by atoms with Gasteiger partial charge in [0.2, 0.25) is 0 Å². The zero-order valence-electron chi connectivity index (χ0n) is 23.6. The summed E-state index contributed by atoms with van der Waals surface area (Å²) in [6.45, 7) is 9.24. The molecule has 9 heteroatoms. The molecular formula is C30H40N6O2S. The summed E-state index contributed by atoms with van der Waals surface area (Å²) in [6.07, 6.45) is 6.25. The quantitative estimate of drug-likeness (QED) is 0.426. The minimum absolute atomic E-state index is 0.159. The molecule has 0 spiro atoms. The van der Waals surface area contributed by atoms with Crippen LogP contribution in [0.1, 0.15) is 81.5 Å². The maximum absolute atomic E-state index is 13.5. The number of benzene rings is 1. The molecule has 0 radical (unpaired) electrons. The summed E-state index contributed by atoms with van der Waals surface area (Å²) in [6, 6.07) is 9.08. The van der Waals surface area contributed by atoms with Crippen LogP contribution in [0.15, 0.2) is 30.5 Å². The highest BCUT2D eigenvalue weighted by Crippen LogP contribution is 2.40. The minimum atomic E-state index is -0.648. The Morgan fingerprint density at radius 2 is 1.87 bits per heavy atom. The molecule has 1 aromatic carbocycles. The van der Waals surface area contributed by atoms with Crippen LogP contribution in [0, 0.1) is 5.92 Å². The predicted molar refractivity (Wildman–Crippen MR) is 158 cm³/mol. The predicted octanol–water partition coefficient (Wildman–Crippen LogP) is 5.36. The molecule has 2 aliphatic heterocycles. The number of likely N-dealkylation sites (tertiary alicyclic amines) is 2. The van der Waals surface area contributed by atoms with E-state index >= 15 is 0 Å². The first-order valence-electron chi connectivity index (χ1n) is 14.1. The maximum atomic E-state index is 13.5. The molecule has 2 saturated heterocycles. The van der Waals surface area contributed by atoms with Crippen molar-refractivity contribution >= 4 is 44.9 Å². The van der Waals surface area contributed by atoms with Crippen molar-refractivity contribution in [2.75, 3.05) is 24.6 Å². The number of nitrogens with one attached hydrogen (secondary N) is 1. The number of pyridine rings is 1. The number of hydrogen-bond donors (Lipinski definition) is 2. The Kier molecular flexibility index (Phi) is 7.91. The number of carbonyl (C=O) groups is 2. The molecular weight excluding hydrogens is 508 g/mol. The third-order valence-electron chi connectivity index (χ3n) is 8.72. The van der Waals surface area contributed by atoms with Gasteiger partial charge in [0, 0.05) is 24.5 Å². The van der Waals surface area contributed by atoms with Crippen LogP contribution >= 0.6 is 11.3 Å². The fourth-order valence-corrected chi connectivity index (χ4v) is 7.22. The molecule has 8 nitrogen and oxygen atoms in total. The molecule has 208 valence electrons. The summed E-state index contributed by atoms with van der Waals surface area (Å²) < 4.78 is 1.18. The van der Waals surface area contributed by atoms with E-state index < -0.39 is 11.8 Å². The molecule has 5 rings (SSSR count). The normalized spacial score (nSPS) is 26.1. The number of hydrogen-bond acceptors (Lipinski definition) is 7. The Bertz CT molecular complexity index is 1360. The van der Waals surface area contributed by atoms with E-state index in [0.29, 0.717) is 48.4 Å². The SMILES string of the molecule is CCc1cc(NC(=O)C(=O)N2CC(C)CC[C@@H]2c2ccc3sc([C@H]4C[C@@H](C)N(C)[C@@H](C)C4)nc3c2)cnc1N. The number of carbonyl (C=O) groups excluding carboxylic acids is 2. The van der Waals surface area contributed by atoms with Gasteiger partial charge >= 0.3 is 11.8 Å². The molecule has 3 aromatic rings. The Morgan fingerprint density at radius 3 is 2.59 bits per heavy atom. The van der Waals surface area contributed by atoms with E-state index in [2.05, 4.69) is 61.2 Å². The average Bonchev–Trinajstić information content (AvgIpc) is 3.35. The molecule has 2 aromatic heterocycles. The van der Waals surface area contributed by atoms with Crippen molar-refractivity contribution in [3.05, 3.63) is 46.6 Å². The van der Waals surface area contributed by atoms with Crippen molar-refractivity contribution in [1.29, 1.82) is 0 Å². The Balaban J connectivity index is 1.36. The Labute approximate surface area is 235 Å². The number of nitrogens with zero attached hydrogens (tertiary/aromatic N) is 4. The first-order valence-corrected chi connectivity index (χ1v) is 14.9. The lowest BCUT2D eigenvalue weighted by Gasteiger charge is -2.39. The van der Waals surface area contributed by atoms with Gasteiger partial charge in [-0.2, -0.15) is 0 Å². The number of anilines is 2. The number of rotatable bonds is 4. The van der Waals surface area contributed by atoms with E-state index in [1.54, 1.807) is 22.3 Å². The Hall–Kier alpha value is -3.04. The second-order valence-electron chi connectivity index (χ2n) is 11.5. The van der Waals surface area contributed by atoms with Crippen molar-refractivity contribution in [2.45, 2.75) is 83.8 Å². The molecule has 0 bridgehead atoms. The van der Waals surface area contributed by atoms with Gasteiger partial charge in [0.05, 0.1) is 33.2 Å². The Morgan fingerprint density at radius 1 is 1.13 bits per heavy atom. The van der Waals surface area contributed by atoms with E-state index in [-0.39, 0.29) is 6.04 Å². The largest absolute Gasteiger partial charge is 0.383 e. The topological polar surface area (TPSA) is 104 Å². The smallest absolute Gasteiger partial charge is 0.313 e. The van der Waals surface area contributed by atoms with Gasteiger partial charge in [0.25, 0.3) is 0 Å². The third kappa shape index (κ3) is 5.65. The van der Waals surface area contributed by atoms with Crippen LogP contribution in [0.4, 0.5) is 11.5 Å². The number of nitrogen functional groups attached to an aromatic ring is 1. The first-order chi connectivity index (χ1) is 18.6. The number of nitrogens with two attached hydrogens (primary N) is 1. The monoisotopic (exact) mass is 548 g/mol. The van der Waals surface area contributed by atoms with Crippen molar-refractivity contribution < 1.29 is 9.59 Å². The van der Waals surface area contributed by atoms with Crippen molar-refractivity contribution in [2.24, 2.45) is 5.92 Å². The average molecular weight is 549 g/mol. The van der Waals surface area contributed by atoms with E-state index in [1.807, 2.05) is 6.92 Å². The van der Waals surface area contributed by atoms with E-state index in [1.165, 1.54) is 15.9 Å². The van der Waals surface area contributed by atoms with Crippen molar-refractivity contribution in [1.82, 2.24) is 19.8 Å². The molecule has 4 heterocycles. The lowest BCUT2D eigenvalue weighted by molar-refractivity contribution is -0.146. The highest BCUT2D eigenvalue weighted by molar-refractivity contribution is 7.18. The van der Waals surface area contributed by atoms with E-state index in [0.717, 1.165) is 42.3 Å². The van der Waals surface area contributed by atoms with Crippen LogP contribution < -0.4 is 11.1 Å². The molecule has 2 amide bonds. The molecule has 3 N–H and O–H groups in total. The number of fused-ring (bicyclic) bond motifs is 1. The fraction of sp³-hybridized carbons (Fsp3) is 0.533. The summed E-state index contributed by atoms with van der Waals surface area (Å²) in [5, 5.41) is 3.96. The van der Waals surface area contributed by atoms with Crippen LogP contribution in [0.5, 0.6) is 0 Å².